The van der Waals surface area contributed by atoms with Gasteiger partial charge in [-0.15, -0.1) is 0 Å². The van der Waals surface area contributed by atoms with E-state index in [0.29, 0.717) is 5.78 Å². The van der Waals surface area contributed by atoms with Gasteiger partial charge < -0.3 is 0 Å². The second kappa shape index (κ2) is 5.99. The summed E-state index contributed by atoms with van der Waals surface area (Å²) in [6, 6.07) is 0. The van der Waals surface area contributed by atoms with Crippen LogP contribution in [0, 0.1) is 5.92 Å². The molecule has 0 bridgehead atoms. The number of hydrogen-bond acceptors (Lipinski definition) is 1. The molecular weight excluding hydrogens is 148 g/mol. The Labute approximate surface area is 75.9 Å². The quantitative estimate of drug-likeness (QED) is 0.575. The van der Waals surface area contributed by atoms with Crippen molar-refractivity contribution >= 4 is 5.78 Å². The molecule has 0 heterocycles. The molecule has 0 saturated carbocycles. The summed E-state index contributed by atoms with van der Waals surface area (Å²) in [5.74, 6) is 0.606. The van der Waals surface area contributed by atoms with E-state index in [4.69, 9.17) is 0 Å². The van der Waals surface area contributed by atoms with Crippen LogP contribution >= 0.6 is 0 Å². The van der Waals surface area contributed by atoms with Gasteiger partial charge in [-0.1, -0.05) is 25.5 Å². The third kappa shape index (κ3) is 5.11. The summed E-state index contributed by atoms with van der Waals surface area (Å²) in [5, 5.41) is 0. The minimum Gasteiger partial charge on any atom is -0.299 e. The standard InChI is InChI=1S/C11H20O/c1-5-6-11(12)10(4)8-7-9(2)3/h7,10H,5-6,8H2,1-4H3. The normalized spacial score (nSPS) is 12.3. The zero-order valence-electron chi connectivity index (χ0n) is 8.68. The van der Waals surface area contributed by atoms with Gasteiger partial charge in [0.1, 0.15) is 5.78 Å². The van der Waals surface area contributed by atoms with Crippen LogP contribution < -0.4 is 0 Å². The van der Waals surface area contributed by atoms with Gasteiger partial charge >= 0.3 is 0 Å². The molecule has 1 unspecified atom stereocenters. The van der Waals surface area contributed by atoms with Crippen LogP contribution in [0.5, 0.6) is 0 Å². The highest BCUT2D eigenvalue weighted by molar-refractivity contribution is 5.80. The van der Waals surface area contributed by atoms with Crippen molar-refractivity contribution in [1.29, 1.82) is 0 Å². The Morgan fingerprint density at radius 2 is 2.00 bits per heavy atom. The fourth-order valence-corrected chi connectivity index (χ4v) is 1.04. The van der Waals surface area contributed by atoms with Gasteiger partial charge in [0.15, 0.2) is 0 Å². The molecular formula is C11H20O. The molecule has 0 fully saturated rings. The largest absolute Gasteiger partial charge is 0.299 e. The summed E-state index contributed by atoms with van der Waals surface area (Å²) in [6.45, 7) is 8.19. The third-order valence-electron chi connectivity index (χ3n) is 1.93. The average Bonchev–Trinajstić information content (AvgIpc) is 2.00. The Hall–Kier alpha value is -0.590. The first-order chi connectivity index (χ1) is 5.57. The molecule has 0 N–H and O–H groups in total. The van der Waals surface area contributed by atoms with Crippen molar-refractivity contribution in [1.82, 2.24) is 0 Å². The first-order valence-electron chi connectivity index (χ1n) is 4.74. The van der Waals surface area contributed by atoms with Gasteiger partial charge in [-0.3, -0.25) is 4.79 Å². The van der Waals surface area contributed by atoms with Gasteiger partial charge in [-0.25, -0.2) is 0 Å². The number of ketones is 1. The fraction of sp³-hybridized carbons (Fsp3) is 0.727. The number of carbonyl (C=O) groups is 1. The predicted octanol–water partition coefficient (Wildman–Crippen LogP) is 3.35. The van der Waals surface area contributed by atoms with Crippen molar-refractivity contribution in [2.24, 2.45) is 5.92 Å². The highest BCUT2D eigenvalue weighted by Crippen LogP contribution is 2.09. The highest BCUT2D eigenvalue weighted by Gasteiger charge is 2.09. The Morgan fingerprint density at radius 1 is 1.42 bits per heavy atom. The molecule has 0 radical (unpaired) electrons. The smallest absolute Gasteiger partial charge is 0.135 e. The molecule has 0 spiro atoms. The lowest BCUT2D eigenvalue weighted by Gasteiger charge is -2.06. The summed E-state index contributed by atoms with van der Waals surface area (Å²) in [7, 11) is 0. The van der Waals surface area contributed by atoms with Crippen LogP contribution in [0.1, 0.15) is 47.0 Å². The van der Waals surface area contributed by atoms with Crippen molar-refractivity contribution in [3.8, 4) is 0 Å². The van der Waals surface area contributed by atoms with Crippen molar-refractivity contribution < 1.29 is 4.79 Å². The molecule has 70 valence electrons. The van der Waals surface area contributed by atoms with Gasteiger partial charge in [0.05, 0.1) is 0 Å². The fourth-order valence-electron chi connectivity index (χ4n) is 1.04. The maximum Gasteiger partial charge on any atom is 0.135 e. The molecule has 0 aliphatic heterocycles. The van der Waals surface area contributed by atoms with E-state index in [0.717, 1.165) is 19.3 Å². The number of rotatable bonds is 5. The minimum atomic E-state index is 0.208. The van der Waals surface area contributed by atoms with Gasteiger partial charge in [0.25, 0.3) is 0 Å². The minimum absolute atomic E-state index is 0.208. The lowest BCUT2D eigenvalue weighted by atomic mass is 9.98. The molecule has 12 heavy (non-hydrogen) atoms. The second-order valence-corrected chi connectivity index (χ2v) is 3.63. The van der Waals surface area contributed by atoms with Gasteiger partial charge in [0, 0.05) is 12.3 Å². The maximum atomic E-state index is 11.3. The summed E-state index contributed by atoms with van der Waals surface area (Å²) >= 11 is 0. The molecule has 0 saturated heterocycles. The molecule has 0 aromatic heterocycles. The van der Waals surface area contributed by atoms with Crippen LogP contribution in [-0.4, -0.2) is 5.78 Å². The van der Waals surface area contributed by atoms with Crippen molar-refractivity contribution in [3.63, 3.8) is 0 Å². The first-order valence-corrected chi connectivity index (χ1v) is 4.74. The molecule has 1 heteroatoms. The van der Waals surface area contributed by atoms with Gasteiger partial charge in [-0.2, -0.15) is 0 Å². The van der Waals surface area contributed by atoms with Crippen LogP contribution in [-0.2, 0) is 4.79 Å². The molecule has 0 rings (SSSR count). The van der Waals surface area contributed by atoms with E-state index >= 15 is 0 Å². The molecule has 1 atom stereocenters. The third-order valence-corrected chi connectivity index (χ3v) is 1.93. The topological polar surface area (TPSA) is 17.1 Å². The van der Waals surface area contributed by atoms with Crippen molar-refractivity contribution in [2.75, 3.05) is 0 Å². The predicted molar refractivity (Wildman–Crippen MR) is 53.1 cm³/mol. The number of carbonyl (C=O) groups excluding carboxylic acids is 1. The Morgan fingerprint density at radius 3 is 2.42 bits per heavy atom. The van der Waals surface area contributed by atoms with E-state index in [1.54, 1.807) is 0 Å². The molecule has 0 aliphatic carbocycles. The lowest BCUT2D eigenvalue weighted by molar-refractivity contribution is -0.122. The molecule has 0 aromatic rings. The summed E-state index contributed by atoms with van der Waals surface area (Å²) in [6.07, 6.45) is 4.75. The number of allylic oxidation sites excluding steroid dienone is 2. The molecule has 0 aromatic carbocycles. The van der Waals surface area contributed by atoms with Crippen LogP contribution in [0.4, 0.5) is 0 Å². The SMILES string of the molecule is CCCC(=O)C(C)CC=C(C)C. The Bertz CT molecular complexity index is 164. The van der Waals surface area contributed by atoms with E-state index < -0.39 is 0 Å². The van der Waals surface area contributed by atoms with Crippen molar-refractivity contribution in [2.45, 2.75) is 47.0 Å². The molecule has 0 aliphatic rings. The zero-order chi connectivity index (χ0) is 9.56. The molecule has 0 amide bonds. The summed E-state index contributed by atoms with van der Waals surface area (Å²) in [5.41, 5.74) is 1.30. The second-order valence-electron chi connectivity index (χ2n) is 3.63. The van der Waals surface area contributed by atoms with Crippen molar-refractivity contribution in [3.05, 3.63) is 11.6 Å². The van der Waals surface area contributed by atoms with E-state index in [2.05, 4.69) is 19.9 Å². The molecule has 1 nitrogen and oxygen atoms in total. The van der Waals surface area contributed by atoms with E-state index in [9.17, 15) is 4.79 Å². The van der Waals surface area contributed by atoms with E-state index in [1.807, 2.05) is 13.8 Å². The van der Waals surface area contributed by atoms with Crippen LogP contribution in [0.2, 0.25) is 0 Å². The zero-order valence-corrected chi connectivity index (χ0v) is 8.68. The number of hydrogen-bond donors (Lipinski definition) is 0. The lowest BCUT2D eigenvalue weighted by Crippen LogP contribution is -2.09. The summed E-state index contributed by atoms with van der Waals surface area (Å²) in [4.78, 5) is 11.3. The first kappa shape index (κ1) is 11.4. The van der Waals surface area contributed by atoms with Crippen LogP contribution in [0.3, 0.4) is 0 Å². The van der Waals surface area contributed by atoms with E-state index in [-0.39, 0.29) is 5.92 Å². The van der Waals surface area contributed by atoms with Crippen LogP contribution in [0.15, 0.2) is 11.6 Å². The Kier molecular flexibility index (Phi) is 5.69. The van der Waals surface area contributed by atoms with Gasteiger partial charge in [-0.05, 0) is 26.7 Å². The Balaban J connectivity index is 3.79. The summed E-state index contributed by atoms with van der Waals surface area (Å²) < 4.78 is 0. The average molecular weight is 168 g/mol. The van der Waals surface area contributed by atoms with E-state index in [1.165, 1.54) is 5.57 Å². The monoisotopic (exact) mass is 168 g/mol. The number of Topliss-reactive ketones (excluding diaryl/α,β-unsaturated/α-hetero) is 1. The maximum absolute atomic E-state index is 11.3. The highest BCUT2D eigenvalue weighted by atomic mass is 16.1. The van der Waals surface area contributed by atoms with Gasteiger partial charge in [0.2, 0.25) is 0 Å². The van der Waals surface area contributed by atoms with Crippen LogP contribution in [0.25, 0.3) is 0 Å².